The van der Waals surface area contributed by atoms with Crippen molar-refractivity contribution in [3.8, 4) is 0 Å². The van der Waals surface area contributed by atoms with Crippen molar-refractivity contribution in [1.29, 1.82) is 0 Å². The van der Waals surface area contributed by atoms with Crippen LogP contribution in [0.2, 0.25) is 0 Å². The number of nitrogens with zero attached hydrogens (tertiary/aromatic N) is 4. The second-order valence-electron chi connectivity index (χ2n) is 7.28. The molecule has 0 fully saturated rings. The highest BCUT2D eigenvalue weighted by Gasteiger charge is 2.23. The van der Waals surface area contributed by atoms with Crippen molar-refractivity contribution >= 4 is 39.0 Å². The number of benzene rings is 1. The van der Waals surface area contributed by atoms with E-state index in [1.165, 1.54) is 28.3 Å². The van der Waals surface area contributed by atoms with Crippen molar-refractivity contribution in [2.75, 3.05) is 24.2 Å². The van der Waals surface area contributed by atoms with Gasteiger partial charge in [0, 0.05) is 25.0 Å². The maximum atomic E-state index is 12.8. The van der Waals surface area contributed by atoms with E-state index in [9.17, 15) is 13.2 Å². The van der Waals surface area contributed by atoms with Crippen LogP contribution in [0.5, 0.6) is 0 Å². The van der Waals surface area contributed by atoms with Gasteiger partial charge >= 0.3 is 0 Å². The first-order valence-electron chi connectivity index (χ1n) is 10.1. The van der Waals surface area contributed by atoms with Gasteiger partial charge in [-0.05, 0) is 35.7 Å². The van der Waals surface area contributed by atoms with Crippen LogP contribution in [-0.2, 0) is 14.8 Å². The fourth-order valence-corrected chi connectivity index (χ4v) is 5.29. The molecule has 2 heterocycles. The molecule has 1 N–H and O–H groups in total. The predicted octanol–water partition coefficient (Wildman–Crippen LogP) is 3.61. The first-order valence-corrected chi connectivity index (χ1v) is 12.6. The van der Waals surface area contributed by atoms with E-state index in [4.69, 9.17) is 0 Å². The normalized spacial score (nSPS) is 12.1. The molecule has 166 valence electrons. The molecule has 0 aliphatic heterocycles. The number of hydrogen-bond donors (Lipinski definition) is 1. The molecule has 1 amide bonds. The van der Waals surface area contributed by atoms with Crippen LogP contribution < -0.4 is 5.32 Å². The highest BCUT2D eigenvalue weighted by Crippen LogP contribution is 2.22. The quantitative estimate of drug-likeness (QED) is 0.489. The SMILES string of the molecule is CCN(CC)S(=O)(=O)c1ccc2nnc(SCC(=O)Nc3cccc(C(C)C)c3)n2c1. The van der Waals surface area contributed by atoms with E-state index in [-0.39, 0.29) is 16.6 Å². The van der Waals surface area contributed by atoms with Gasteiger partial charge in [-0.2, -0.15) is 4.31 Å². The summed E-state index contributed by atoms with van der Waals surface area (Å²) in [6.07, 6.45) is 1.51. The van der Waals surface area contributed by atoms with Gasteiger partial charge in [0.2, 0.25) is 15.9 Å². The third kappa shape index (κ3) is 5.25. The molecule has 0 aliphatic carbocycles. The lowest BCUT2D eigenvalue weighted by molar-refractivity contribution is -0.113. The molecule has 0 atom stereocenters. The second kappa shape index (κ2) is 9.80. The Morgan fingerprint density at radius 3 is 2.58 bits per heavy atom. The number of hydrogen-bond acceptors (Lipinski definition) is 6. The molecule has 10 heteroatoms. The number of thioether (sulfide) groups is 1. The van der Waals surface area contributed by atoms with Gasteiger partial charge in [-0.25, -0.2) is 8.42 Å². The van der Waals surface area contributed by atoms with E-state index in [1.54, 1.807) is 24.3 Å². The van der Waals surface area contributed by atoms with Crippen molar-refractivity contribution in [2.45, 2.75) is 43.7 Å². The lowest BCUT2D eigenvalue weighted by Gasteiger charge is -2.18. The van der Waals surface area contributed by atoms with Crippen molar-refractivity contribution in [3.63, 3.8) is 0 Å². The van der Waals surface area contributed by atoms with Gasteiger partial charge in [-0.1, -0.05) is 51.6 Å². The van der Waals surface area contributed by atoms with Gasteiger partial charge in [0.25, 0.3) is 0 Å². The second-order valence-corrected chi connectivity index (χ2v) is 10.2. The minimum Gasteiger partial charge on any atom is -0.325 e. The van der Waals surface area contributed by atoms with E-state index < -0.39 is 10.0 Å². The molecule has 0 radical (unpaired) electrons. The number of aromatic nitrogens is 3. The summed E-state index contributed by atoms with van der Waals surface area (Å²) < 4.78 is 28.6. The van der Waals surface area contributed by atoms with E-state index in [0.717, 1.165) is 11.3 Å². The highest BCUT2D eigenvalue weighted by molar-refractivity contribution is 7.99. The van der Waals surface area contributed by atoms with Crippen LogP contribution in [-0.4, -0.2) is 52.1 Å². The lowest BCUT2D eigenvalue weighted by atomic mass is 10.0. The van der Waals surface area contributed by atoms with E-state index in [0.29, 0.717) is 29.8 Å². The fourth-order valence-electron chi connectivity index (χ4n) is 3.12. The van der Waals surface area contributed by atoms with E-state index in [1.807, 2.05) is 24.3 Å². The highest BCUT2D eigenvalue weighted by atomic mass is 32.2. The Bertz CT molecular complexity index is 1170. The monoisotopic (exact) mass is 461 g/mol. The number of carbonyl (C=O) groups is 1. The lowest BCUT2D eigenvalue weighted by Crippen LogP contribution is -2.30. The molecule has 0 unspecified atom stereocenters. The van der Waals surface area contributed by atoms with Crippen molar-refractivity contribution in [3.05, 3.63) is 48.2 Å². The summed E-state index contributed by atoms with van der Waals surface area (Å²) in [5.41, 5.74) is 2.41. The Morgan fingerprint density at radius 2 is 1.90 bits per heavy atom. The van der Waals surface area contributed by atoms with Crippen molar-refractivity contribution < 1.29 is 13.2 Å². The van der Waals surface area contributed by atoms with Gasteiger partial charge in [-0.15, -0.1) is 10.2 Å². The molecular weight excluding hydrogens is 434 g/mol. The standard InChI is InChI=1S/C21H27N5O3S2/c1-5-25(6-2)31(28,29)18-10-11-19-23-24-21(26(19)13-18)30-14-20(27)22-17-9-7-8-16(12-17)15(3)4/h7-13,15H,5-6,14H2,1-4H3,(H,22,27). The number of fused-ring (bicyclic) bond motifs is 1. The molecule has 3 rings (SSSR count). The van der Waals surface area contributed by atoms with Crippen molar-refractivity contribution in [2.24, 2.45) is 0 Å². The van der Waals surface area contributed by atoms with Crippen LogP contribution in [0.3, 0.4) is 0 Å². The number of amides is 1. The van der Waals surface area contributed by atoms with Gasteiger partial charge in [0.05, 0.1) is 10.6 Å². The van der Waals surface area contributed by atoms with Crippen LogP contribution >= 0.6 is 11.8 Å². The molecule has 0 saturated heterocycles. The Labute approximate surface area is 187 Å². The molecule has 8 nitrogen and oxygen atoms in total. The average molecular weight is 462 g/mol. The number of rotatable bonds is 9. The number of carbonyl (C=O) groups excluding carboxylic acids is 1. The summed E-state index contributed by atoms with van der Waals surface area (Å²) in [4.78, 5) is 12.6. The Kier molecular flexibility index (Phi) is 7.34. The van der Waals surface area contributed by atoms with Crippen LogP contribution in [0.15, 0.2) is 52.6 Å². The van der Waals surface area contributed by atoms with Crippen LogP contribution in [0.1, 0.15) is 39.2 Å². The van der Waals surface area contributed by atoms with Gasteiger partial charge in [0.15, 0.2) is 10.8 Å². The zero-order chi connectivity index (χ0) is 22.6. The van der Waals surface area contributed by atoms with Gasteiger partial charge < -0.3 is 5.32 Å². The summed E-state index contributed by atoms with van der Waals surface area (Å²) in [6.45, 7) is 8.58. The predicted molar refractivity (Wildman–Crippen MR) is 123 cm³/mol. The molecular formula is C21H27N5O3S2. The van der Waals surface area contributed by atoms with E-state index >= 15 is 0 Å². The summed E-state index contributed by atoms with van der Waals surface area (Å²) in [7, 11) is -3.60. The topological polar surface area (TPSA) is 96.7 Å². The molecule has 0 bridgehead atoms. The minimum absolute atomic E-state index is 0.125. The Morgan fingerprint density at radius 1 is 1.16 bits per heavy atom. The van der Waals surface area contributed by atoms with Crippen LogP contribution in [0, 0.1) is 0 Å². The maximum absolute atomic E-state index is 12.8. The summed E-state index contributed by atoms with van der Waals surface area (Å²) in [6, 6.07) is 10.9. The summed E-state index contributed by atoms with van der Waals surface area (Å²) >= 11 is 1.20. The third-order valence-corrected chi connectivity index (χ3v) is 7.83. The molecule has 0 saturated carbocycles. The number of pyridine rings is 1. The smallest absolute Gasteiger partial charge is 0.244 e. The Balaban J connectivity index is 1.75. The van der Waals surface area contributed by atoms with Gasteiger partial charge in [-0.3, -0.25) is 9.20 Å². The summed E-state index contributed by atoms with van der Waals surface area (Å²) in [5.74, 6) is 0.324. The maximum Gasteiger partial charge on any atom is 0.244 e. The zero-order valence-electron chi connectivity index (χ0n) is 18.1. The van der Waals surface area contributed by atoms with Crippen LogP contribution in [0.25, 0.3) is 5.65 Å². The fraction of sp³-hybridized carbons (Fsp3) is 0.381. The van der Waals surface area contributed by atoms with Gasteiger partial charge in [0.1, 0.15) is 0 Å². The third-order valence-electron chi connectivity index (χ3n) is 4.86. The average Bonchev–Trinajstić information content (AvgIpc) is 3.15. The molecule has 1 aromatic carbocycles. The van der Waals surface area contributed by atoms with E-state index in [2.05, 4.69) is 29.4 Å². The Hall–Kier alpha value is -2.43. The van der Waals surface area contributed by atoms with Crippen LogP contribution in [0.4, 0.5) is 5.69 Å². The summed E-state index contributed by atoms with van der Waals surface area (Å²) in [5, 5.41) is 11.5. The minimum atomic E-state index is -3.60. The molecule has 0 aliphatic rings. The molecule has 2 aromatic heterocycles. The molecule has 31 heavy (non-hydrogen) atoms. The number of nitrogens with one attached hydrogen (secondary N) is 1. The first kappa shape index (κ1) is 23.2. The number of sulfonamides is 1. The van der Waals surface area contributed by atoms with Crippen molar-refractivity contribution in [1.82, 2.24) is 18.9 Å². The zero-order valence-corrected chi connectivity index (χ0v) is 19.7. The first-order chi connectivity index (χ1) is 14.8. The largest absolute Gasteiger partial charge is 0.325 e. The molecule has 3 aromatic rings. The molecule has 0 spiro atoms. The number of anilines is 1.